The van der Waals surface area contributed by atoms with E-state index >= 15 is 0 Å². The molecule has 2 rings (SSSR count). The van der Waals surface area contributed by atoms with Crippen LogP contribution in [0.5, 0.6) is 0 Å². The topological polar surface area (TPSA) is 56.7 Å². The Balaban J connectivity index is 2.35. The van der Waals surface area contributed by atoms with Gasteiger partial charge in [-0.2, -0.15) is 0 Å². The molecule has 0 atom stereocenters. The minimum absolute atomic E-state index is 0.463. The van der Waals surface area contributed by atoms with Crippen LogP contribution in [0.2, 0.25) is 0 Å². The molecule has 2 heterocycles. The second-order valence-corrected chi connectivity index (χ2v) is 3.83. The van der Waals surface area contributed by atoms with Gasteiger partial charge in [-0.3, -0.25) is 0 Å². The maximum Gasteiger partial charge on any atom is 0.149 e. The van der Waals surface area contributed by atoms with Gasteiger partial charge in [0.05, 0.1) is 0 Å². The van der Waals surface area contributed by atoms with Crippen LogP contribution in [-0.2, 0) is 13.6 Å². The fourth-order valence-electron chi connectivity index (χ4n) is 1.08. The molecule has 0 unspecified atom stereocenters. The zero-order valence-corrected chi connectivity index (χ0v) is 8.08. The van der Waals surface area contributed by atoms with E-state index < -0.39 is 0 Å². The molecule has 0 amide bonds. The second-order valence-electron chi connectivity index (χ2n) is 2.77. The molecule has 4 nitrogen and oxygen atoms in total. The van der Waals surface area contributed by atoms with E-state index in [1.165, 1.54) is 11.3 Å². The van der Waals surface area contributed by atoms with E-state index in [0.29, 0.717) is 6.54 Å². The predicted octanol–water partition coefficient (Wildman–Crippen LogP) is 1.00. The van der Waals surface area contributed by atoms with Gasteiger partial charge in [0.2, 0.25) is 0 Å². The van der Waals surface area contributed by atoms with Crippen molar-refractivity contribution in [3.05, 3.63) is 23.5 Å². The van der Waals surface area contributed by atoms with Gasteiger partial charge in [0, 0.05) is 31.5 Å². The van der Waals surface area contributed by atoms with E-state index in [1.807, 2.05) is 30.1 Å². The molecule has 13 heavy (non-hydrogen) atoms. The number of hydrogen-bond acceptors (Lipinski definition) is 4. The first kappa shape index (κ1) is 8.40. The van der Waals surface area contributed by atoms with Crippen molar-refractivity contribution in [1.29, 1.82) is 0 Å². The molecule has 2 N–H and O–H groups in total. The molecule has 0 aliphatic rings. The summed E-state index contributed by atoms with van der Waals surface area (Å²) in [4.78, 5) is 0. The highest BCUT2D eigenvalue weighted by atomic mass is 32.1. The molecule has 0 bridgehead atoms. The molecule has 5 heteroatoms. The third kappa shape index (κ3) is 1.61. The zero-order valence-electron chi connectivity index (χ0n) is 7.27. The van der Waals surface area contributed by atoms with Crippen molar-refractivity contribution in [2.45, 2.75) is 6.54 Å². The third-order valence-electron chi connectivity index (χ3n) is 1.72. The summed E-state index contributed by atoms with van der Waals surface area (Å²) in [6.45, 7) is 0.463. The van der Waals surface area contributed by atoms with E-state index in [-0.39, 0.29) is 0 Å². The Morgan fingerprint density at radius 3 is 2.92 bits per heavy atom. The first-order valence-electron chi connectivity index (χ1n) is 3.94. The van der Waals surface area contributed by atoms with E-state index in [2.05, 4.69) is 10.2 Å². The number of rotatable bonds is 2. The molecular weight excluding hydrogens is 184 g/mol. The van der Waals surface area contributed by atoms with Crippen molar-refractivity contribution in [3.8, 4) is 10.6 Å². The molecule has 68 valence electrons. The largest absolute Gasteiger partial charge is 0.357 e. The molecule has 0 saturated heterocycles. The number of hydrogen-bond donors (Lipinski definition) is 1. The van der Waals surface area contributed by atoms with Crippen LogP contribution < -0.4 is 5.73 Å². The van der Waals surface area contributed by atoms with Crippen molar-refractivity contribution in [1.82, 2.24) is 14.8 Å². The summed E-state index contributed by atoms with van der Waals surface area (Å²) in [7, 11) is 1.98. The van der Waals surface area contributed by atoms with Crippen molar-refractivity contribution in [2.75, 3.05) is 0 Å². The van der Waals surface area contributed by atoms with Crippen LogP contribution in [0.15, 0.2) is 18.5 Å². The summed E-state index contributed by atoms with van der Waals surface area (Å²) < 4.78 is 1.98. The fraction of sp³-hybridized carbons (Fsp3) is 0.250. The van der Waals surface area contributed by atoms with Gasteiger partial charge in [-0.25, -0.2) is 0 Å². The summed E-state index contributed by atoms with van der Waals surface area (Å²) in [5.41, 5.74) is 6.55. The van der Waals surface area contributed by atoms with Crippen LogP contribution in [-0.4, -0.2) is 14.8 Å². The Hall–Kier alpha value is -1.20. The molecule has 0 fully saturated rings. The fourth-order valence-corrected chi connectivity index (χ4v) is 1.79. The maximum atomic E-state index is 5.45. The average Bonchev–Trinajstić information content (AvgIpc) is 2.71. The first-order chi connectivity index (χ1) is 6.29. The van der Waals surface area contributed by atoms with Crippen LogP contribution in [0.25, 0.3) is 10.6 Å². The third-order valence-corrected chi connectivity index (χ3v) is 2.72. The van der Waals surface area contributed by atoms with Crippen molar-refractivity contribution in [2.24, 2.45) is 12.8 Å². The van der Waals surface area contributed by atoms with Gasteiger partial charge in [-0.15, -0.1) is 10.2 Å². The summed E-state index contributed by atoms with van der Waals surface area (Å²) in [5, 5.41) is 9.81. The van der Waals surface area contributed by atoms with Gasteiger partial charge in [-0.1, -0.05) is 11.3 Å². The number of aryl methyl sites for hydroxylation is 1. The van der Waals surface area contributed by atoms with E-state index in [1.54, 1.807) is 0 Å². The Morgan fingerprint density at radius 2 is 2.38 bits per heavy atom. The minimum atomic E-state index is 0.463. The molecule has 2 aromatic rings. The highest BCUT2D eigenvalue weighted by Gasteiger charge is 2.05. The smallest absolute Gasteiger partial charge is 0.149 e. The molecule has 0 radical (unpaired) electrons. The second kappa shape index (κ2) is 3.27. The molecule has 0 spiro atoms. The van der Waals surface area contributed by atoms with Gasteiger partial charge >= 0.3 is 0 Å². The highest BCUT2D eigenvalue weighted by Crippen LogP contribution is 2.22. The maximum absolute atomic E-state index is 5.45. The van der Waals surface area contributed by atoms with Gasteiger partial charge in [0.25, 0.3) is 0 Å². The zero-order chi connectivity index (χ0) is 9.26. The SMILES string of the molecule is Cn1ccc(-c2nnc(CN)s2)c1. The van der Waals surface area contributed by atoms with Gasteiger partial charge in [0.1, 0.15) is 10.0 Å². The lowest BCUT2D eigenvalue weighted by Crippen LogP contribution is -1.94. The van der Waals surface area contributed by atoms with E-state index in [9.17, 15) is 0 Å². The number of nitrogens with zero attached hydrogens (tertiary/aromatic N) is 3. The monoisotopic (exact) mass is 194 g/mol. The van der Waals surface area contributed by atoms with Crippen LogP contribution in [0.3, 0.4) is 0 Å². The molecule has 0 saturated carbocycles. The Bertz CT molecular complexity index is 404. The molecule has 2 aromatic heterocycles. The summed E-state index contributed by atoms with van der Waals surface area (Å²) in [6.07, 6.45) is 4.00. The normalized spacial score (nSPS) is 10.6. The molecule has 0 aromatic carbocycles. The number of aromatic nitrogens is 3. The Kier molecular flexibility index (Phi) is 2.12. The van der Waals surface area contributed by atoms with Gasteiger partial charge < -0.3 is 10.3 Å². The standard InChI is InChI=1S/C8H10N4S/c1-12-3-2-6(5-12)8-11-10-7(4-9)13-8/h2-3,5H,4,9H2,1H3. The lowest BCUT2D eigenvalue weighted by Gasteiger charge is -1.86. The van der Waals surface area contributed by atoms with Crippen LogP contribution in [0.1, 0.15) is 5.01 Å². The van der Waals surface area contributed by atoms with Crippen LogP contribution in [0, 0.1) is 0 Å². The quantitative estimate of drug-likeness (QED) is 0.776. The van der Waals surface area contributed by atoms with E-state index in [0.717, 1.165) is 15.6 Å². The summed E-state index contributed by atoms with van der Waals surface area (Å²) >= 11 is 1.54. The van der Waals surface area contributed by atoms with Gasteiger partial charge in [-0.05, 0) is 6.07 Å². The molecular formula is C8H10N4S. The summed E-state index contributed by atoms with van der Waals surface area (Å²) in [5.74, 6) is 0. The van der Waals surface area contributed by atoms with Crippen LogP contribution in [0.4, 0.5) is 0 Å². The molecule has 0 aliphatic carbocycles. The predicted molar refractivity (Wildman–Crippen MR) is 52.2 cm³/mol. The highest BCUT2D eigenvalue weighted by molar-refractivity contribution is 7.14. The average molecular weight is 194 g/mol. The number of nitrogens with two attached hydrogens (primary N) is 1. The minimum Gasteiger partial charge on any atom is -0.357 e. The van der Waals surface area contributed by atoms with Crippen molar-refractivity contribution >= 4 is 11.3 Å². The Labute approximate surface area is 80.0 Å². The lowest BCUT2D eigenvalue weighted by atomic mass is 10.4. The summed E-state index contributed by atoms with van der Waals surface area (Å²) in [6, 6.07) is 2.01. The van der Waals surface area contributed by atoms with Crippen molar-refractivity contribution < 1.29 is 0 Å². The first-order valence-corrected chi connectivity index (χ1v) is 4.76. The van der Waals surface area contributed by atoms with Gasteiger partial charge in [0.15, 0.2) is 0 Å². The van der Waals surface area contributed by atoms with Crippen molar-refractivity contribution in [3.63, 3.8) is 0 Å². The molecule has 0 aliphatic heterocycles. The Morgan fingerprint density at radius 1 is 1.54 bits per heavy atom. The van der Waals surface area contributed by atoms with E-state index in [4.69, 9.17) is 5.73 Å². The van der Waals surface area contributed by atoms with Crippen LogP contribution >= 0.6 is 11.3 Å². The lowest BCUT2D eigenvalue weighted by molar-refractivity contribution is 0.927.